The molecule has 0 aliphatic rings. The van der Waals surface area contributed by atoms with Crippen LogP contribution in [0.1, 0.15) is 41.0 Å². The molecule has 0 spiro atoms. The fourth-order valence-corrected chi connectivity index (χ4v) is 1.02. The lowest BCUT2D eigenvalue weighted by Gasteiger charge is -2.26. The normalized spacial score (nSPS) is 14.4. The van der Waals surface area contributed by atoms with Crippen LogP contribution in [0.5, 0.6) is 0 Å². The second-order valence-corrected chi connectivity index (χ2v) is 5.91. The largest absolute Gasteiger partial charge is 0.462 e. The van der Waals surface area contributed by atoms with E-state index in [9.17, 15) is 9.90 Å². The zero-order chi connectivity index (χ0) is 14.4. The minimum atomic E-state index is -0.771. The Balaban J connectivity index is 3.98. The van der Waals surface area contributed by atoms with Crippen LogP contribution in [-0.4, -0.2) is 47.6 Å². The van der Waals surface area contributed by atoms with E-state index in [1.165, 1.54) is 0 Å². The first-order valence-electron chi connectivity index (χ1n) is 6.36. The molecule has 0 fully saturated rings. The molecule has 0 bridgehead atoms. The third-order valence-electron chi connectivity index (χ3n) is 3.05. The number of β-amino-alcohol motifs (C(OH)–C–C–N with tert-alkyl or cyclic N) is 1. The summed E-state index contributed by atoms with van der Waals surface area (Å²) in [6.45, 7) is 9.41. The van der Waals surface area contributed by atoms with E-state index in [1.54, 1.807) is 0 Å². The molecule has 0 heterocycles. The van der Waals surface area contributed by atoms with Crippen molar-refractivity contribution in [1.82, 2.24) is 5.32 Å². The molecule has 1 unspecified atom stereocenters. The first kappa shape index (κ1) is 17.4. The number of hydrogen-bond acceptors (Lipinski definition) is 5. The molecule has 0 aromatic heterocycles. The molecule has 0 aromatic rings. The summed E-state index contributed by atoms with van der Waals surface area (Å²) >= 11 is 0. The van der Waals surface area contributed by atoms with Crippen LogP contribution in [-0.2, 0) is 9.53 Å². The Kier molecular flexibility index (Phi) is 6.81. The summed E-state index contributed by atoms with van der Waals surface area (Å²) in [5, 5.41) is 21.7. The van der Waals surface area contributed by atoms with Gasteiger partial charge in [0.15, 0.2) is 0 Å². The number of esters is 1. The SMILES string of the molecule is CCC(C)(C)C(=O)OCC(O)CNC(C)(C)CO. The molecule has 18 heavy (non-hydrogen) atoms. The monoisotopic (exact) mass is 261 g/mol. The molecule has 0 rings (SSSR count). The van der Waals surface area contributed by atoms with Gasteiger partial charge < -0.3 is 20.3 Å². The first-order valence-corrected chi connectivity index (χ1v) is 6.36. The van der Waals surface area contributed by atoms with Gasteiger partial charge in [0.25, 0.3) is 0 Å². The molecule has 3 N–H and O–H groups in total. The maximum atomic E-state index is 11.7. The van der Waals surface area contributed by atoms with Gasteiger partial charge in [-0.2, -0.15) is 0 Å². The maximum absolute atomic E-state index is 11.7. The van der Waals surface area contributed by atoms with Gasteiger partial charge >= 0.3 is 5.97 Å². The van der Waals surface area contributed by atoms with Crippen molar-refractivity contribution < 1.29 is 19.7 Å². The molecular formula is C13H27NO4. The molecule has 0 radical (unpaired) electrons. The molecule has 0 aliphatic heterocycles. The number of ether oxygens (including phenoxy) is 1. The van der Waals surface area contributed by atoms with Crippen LogP contribution >= 0.6 is 0 Å². The van der Waals surface area contributed by atoms with Crippen molar-refractivity contribution in [2.45, 2.75) is 52.7 Å². The highest BCUT2D eigenvalue weighted by molar-refractivity contribution is 5.75. The molecule has 5 heteroatoms. The Bertz CT molecular complexity index is 264. The average molecular weight is 261 g/mol. The lowest BCUT2D eigenvalue weighted by atomic mass is 9.91. The van der Waals surface area contributed by atoms with Crippen LogP contribution in [0.2, 0.25) is 0 Å². The maximum Gasteiger partial charge on any atom is 0.311 e. The van der Waals surface area contributed by atoms with Crippen LogP contribution in [0, 0.1) is 5.41 Å². The van der Waals surface area contributed by atoms with E-state index in [4.69, 9.17) is 9.84 Å². The van der Waals surface area contributed by atoms with Gasteiger partial charge in [-0.25, -0.2) is 0 Å². The number of rotatable bonds is 8. The predicted octanol–water partition coefficient (Wildman–Crippen LogP) is 0.687. The Morgan fingerprint density at radius 1 is 1.33 bits per heavy atom. The van der Waals surface area contributed by atoms with Gasteiger partial charge in [-0.05, 0) is 34.1 Å². The Morgan fingerprint density at radius 2 is 1.89 bits per heavy atom. The van der Waals surface area contributed by atoms with Crippen molar-refractivity contribution in [3.05, 3.63) is 0 Å². The van der Waals surface area contributed by atoms with E-state index in [0.717, 1.165) is 0 Å². The molecule has 0 saturated carbocycles. The number of nitrogens with one attached hydrogen (secondary N) is 1. The quantitative estimate of drug-likeness (QED) is 0.560. The lowest BCUT2D eigenvalue weighted by Crippen LogP contribution is -2.47. The second kappa shape index (κ2) is 7.07. The zero-order valence-electron chi connectivity index (χ0n) is 12.1. The van der Waals surface area contributed by atoms with Crippen LogP contribution < -0.4 is 5.32 Å². The molecule has 5 nitrogen and oxygen atoms in total. The standard InChI is InChI=1S/C13H27NO4/c1-6-12(2,3)11(17)18-8-10(16)7-14-13(4,5)9-15/h10,14-16H,6-9H2,1-5H3. The van der Waals surface area contributed by atoms with E-state index in [-0.39, 0.29) is 25.7 Å². The molecule has 0 amide bonds. The lowest BCUT2D eigenvalue weighted by molar-refractivity contribution is -0.157. The van der Waals surface area contributed by atoms with Gasteiger partial charge in [-0.1, -0.05) is 6.92 Å². The van der Waals surface area contributed by atoms with Crippen molar-refractivity contribution in [3.63, 3.8) is 0 Å². The number of carbonyl (C=O) groups is 1. The molecule has 0 aliphatic carbocycles. The highest BCUT2D eigenvalue weighted by Crippen LogP contribution is 2.21. The minimum Gasteiger partial charge on any atom is -0.462 e. The van der Waals surface area contributed by atoms with Crippen molar-refractivity contribution in [2.75, 3.05) is 19.8 Å². The predicted molar refractivity (Wildman–Crippen MR) is 70.2 cm³/mol. The van der Waals surface area contributed by atoms with Crippen LogP contribution in [0.15, 0.2) is 0 Å². The van der Waals surface area contributed by atoms with Gasteiger partial charge in [0, 0.05) is 12.1 Å². The van der Waals surface area contributed by atoms with E-state index in [1.807, 2.05) is 34.6 Å². The van der Waals surface area contributed by atoms with Gasteiger partial charge in [0.1, 0.15) is 12.7 Å². The third-order valence-corrected chi connectivity index (χ3v) is 3.05. The Hall–Kier alpha value is -0.650. The van der Waals surface area contributed by atoms with Gasteiger partial charge in [-0.15, -0.1) is 0 Å². The Labute approximate surface area is 110 Å². The van der Waals surface area contributed by atoms with Crippen molar-refractivity contribution in [1.29, 1.82) is 0 Å². The van der Waals surface area contributed by atoms with Crippen LogP contribution in [0.3, 0.4) is 0 Å². The van der Waals surface area contributed by atoms with Crippen LogP contribution in [0.25, 0.3) is 0 Å². The third kappa shape index (κ3) is 6.33. The Morgan fingerprint density at radius 3 is 2.33 bits per heavy atom. The topological polar surface area (TPSA) is 78.8 Å². The summed E-state index contributed by atoms with van der Waals surface area (Å²) < 4.78 is 5.07. The summed E-state index contributed by atoms with van der Waals surface area (Å²) in [6, 6.07) is 0. The van der Waals surface area contributed by atoms with Crippen molar-refractivity contribution >= 4 is 5.97 Å². The average Bonchev–Trinajstić information content (AvgIpc) is 2.33. The summed E-state index contributed by atoms with van der Waals surface area (Å²) in [7, 11) is 0. The minimum absolute atomic E-state index is 0.0254. The summed E-state index contributed by atoms with van der Waals surface area (Å²) in [5.41, 5.74) is -0.967. The van der Waals surface area contributed by atoms with E-state index >= 15 is 0 Å². The fourth-order valence-electron chi connectivity index (χ4n) is 1.02. The van der Waals surface area contributed by atoms with Gasteiger partial charge in [0.2, 0.25) is 0 Å². The number of aliphatic hydroxyl groups is 2. The highest BCUT2D eigenvalue weighted by atomic mass is 16.5. The zero-order valence-corrected chi connectivity index (χ0v) is 12.1. The molecule has 0 aromatic carbocycles. The smallest absolute Gasteiger partial charge is 0.311 e. The van der Waals surface area contributed by atoms with E-state index < -0.39 is 17.1 Å². The summed E-state index contributed by atoms with van der Waals surface area (Å²) in [6.07, 6.45) is -0.0787. The van der Waals surface area contributed by atoms with Crippen LogP contribution in [0.4, 0.5) is 0 Å². The summed E-state index contributed by atoms with van der Waals surface area (Å²) in [5.74, 6) is -0.300. The van der Waals surface area contributed by atoms with Gasteiger partial charge in [-0.3, -0.25) is 4.79 Å². The number of carbonyl (C=O) groups excluding carboxylic acids is 1. The summed E-state index contributed by atoms with van der Waals surface area (Å²) in [4.78, 5) is 11.7. The highest BCUT2D eigenvalue weighted by Gasteiger charge is 2.27. The molecule has 1 atom stereocenters. The van der Waals surface area contributed by atoms with Gasteiger partial charge in [0.05, 0.1) is 12.0 Å². The second-order valence-electron chi connectivity index (χ2n) is 5.91. The fraction of sp³-hybridized carbons (Fsp3) is 0.923. The van der Waals surface area contributed by atoms with Crippen molar-refractivity contribution in [2.24, 2.45) is 5.41 Å². The first-order chi connectivity index (χ1) is 8.14. The molecular weight excluding hydrogens is 234 g/mol. The number of aliphatic hydroxyl groups excluding tert-OH is 2. The van der Waals surface area contributed by atoms with Crippen molar-refractivity contribution in [3.8, 4) is 0 Å². The number of hydrogen-bond donors (Lipinski definition) is 3. The molecule has 0 saturated heterocycles. The van der Waals surface area contributed by atoms with E-state index in [0.29, 0.717) is 6.42 Å². The van der Waals surface area contributed by atoms with E-state index in [2.05, 4.69) is 5.32 Å². The molecule has 108 valence electrons.